The monoisotopic (exact) mass is 385 g/mol. The first-order chi connectivity index (χ1) is 13.1. The van der Waals surface area contributed by atoms with Crippen LogP contribution in [0.25, 0.3) is 0 Å². The fourth-order valence-corrected chi connectivity index (χ4v) is 5.70. The molecule has 0 aromatic heterocycles. The minimum absolute atomic E-state index is 0.104. The molecule has 2 aliphatic rings. The van der Waals surface area contributed by atoms with Gasteiger partial charge in [-0.05, 0) is 83.4 Å². The molecule has 1 amide bonds. The number of amides is 1. The Kier molecular flexibility index (Phi) is 6.51. The highest BCUT2D eigenvalue weighted by Crippen LogP contribution is 2.34. The third-order valence-electron chi connectivity index (χ3n) is 6.40. The topological polar surface area (TPSA) is 44.4 Å². The highest BCUT2D eigenvalue weighted by molar-refractivity contribution is 5.76. The number of hydrogen-bond acceptors (Lipinski definition) is 3. The summed E-state index contributed by atoms with van der Waals surface area (Å²) >= 11 is 0. The zero-order valence-corrected chi connectivity index (χ0v) is 18.5. The molecule has 28 heavy (non-hydrogen) atoms. The lowest BCUT2D eigenvalue weighted by Gasteiger charge is -2.46. The molecule has 3 rings (SSSR count). The Morgan fingerprint density at radius 2 is 1.86 bits per heavy atom. The second kappa shape index (κ2) is 8.54. The Hall–Kier alpha value is -1.39. The number of aryl methyl sites for hydroxylation is 1. The van der Waals surface area contributed by atoms with Crippen molar-refractivity contribution in [1.29, 1.82) is 0 Å². The zero-order chi connectivity index (χ0) is 20.4. The number of rotatable bonds is 6. The van der Waals surface area contributed by atoms with Crippen molar-refractivity contribution in [3.8, 4) is 0 Å². The van der Waals surface area contributed by atoms with Crippen LogP contribution in [0.5, 0.6) is 0 Å². The van der Waals surface area contributed by atoms with Crippen LogP contribution in [-0.2, 0) is 4.79 Å². The molecular formula is C24H39N3O. The third-order valence-corrected chi connectivity index (χ3v) is 6.40. The van der Waals surface area contributed by atoms with Crippen LogP contribution in [0.3, 0.4) is 0 Å². The molecule has 2 heterocycles. The maximum absolute atomic E-state index is 12.5. The molecule has 2 saturated heterocycles. The summed E-state index contributed by atoms with van der Waals surface area (Å²) in [5.74, 6) is 1.31. The predicted octanol–water partition coefficient (Wildman–Crippen LogP) is 3.85. The molecule has 2 fully saturated rings. The smallest absolute Gasteiger partial charge is 0.220 e. The lowest BCUT2D eigenvalue weighted by Crippen LogP contribution is -2.58. The molecule has 0 spiro atoms. The minimum Gasteiger partial charge on any atom is -0.355 e. The van der Waals surface area contributed by atoms with Crippen molar-refractivity contribution >= 4 is 5.91 Å². The van der Waals surface area contributed by atoms with Gasteiger partial charge in [0.25, 0.3) is 0 Å². The Bertz CT molecular complexity index is 666. The number of likely N-dealkylation sites (tertiary alicyclic amines) is 1. The van der Waals surface area contributed by atoms with Gasteiger partial charge >= 0.3 is 0 Å². The number of benzene rings is 1. The minimum atomic E-state index is 0.104. The number of nitrogens with one attached hydrogen (secondary N) is 2. The first kappa shape index (κ1) is 21.3. The van der Waals surface area contributed by atoms with E-state index in [1.54, 1.807) is 0 Å². The lowest BCUT2D eigenvalue weighted by molar-refractivity contribution is -0.122. The fraction of sp³-hybridized carbons (Fsp3) is 0.708. The molecule has 0 unspecified atom stereocenters. The summed E-state index contributed by atoms with van der Waals surface area (Å²) in [7, 11) is 0. The second-order valence-electron chi connectivity index (χ2n) is 10.4. The average Bonchev–Trinajstić information content (AvgIpc) is 3.00. The molecule has 156 valence electrons. The molecule has 1 aromatic carbocycles. The third kappa shape index (κ3) is 5.81. The van der Waals surface area contributed by atoms with Gasteiger partial charge in [0.05, 0.1) is 0 Å². The van der Waals surface area contributed by atoms with Gasteiger partial charge in [0.15, 0.2) is 0 Å². The van der Waals surface area contributed by atoms with Crippen LogP contribution >= 0.6 is 0 Å². The molecule has 0 aliphatic carbocycles. The van der Waals surface area contributed by atoms with Crippen molar-refractivity contribution in [3.05, 3.63) is 35.4 Å². The van der Waals surface area contributed by atoms with Crippen LogP contribution in [0, 0.1) is 12.8 Å². The van der Waals surface area contributed by atoms with Crippen molar-refractivity contribution in [3.63, 3.8) is 0 Å². The lowest BCUT2D eigenvalue weighted by atomic mass is 9.74. The molecule has 1 aromatic rings. The first-order valence-corrected chi connectivity index (χ1v) is 11.0. The molecule has 0 radical (unpaired) electrons. The van der Waals surface area contributed by atoms with E-state index in [0.29, 0.717) is 18.3 Å². The number of carbonyl (C=O) groups excluding carboxylic acids is 1. The summed E-state index contributed by atoms with van der Waals surface area (Å²) in [5, 5.41) is 6.88. The number of hydrogen-bond donors (Lipinski definition) is 2. The summed E-state index contributed by atoms with van der Waals surface area (Å²) in [6, 6.07) is 8.75. The van der Waals surface area contributed by atoms with Gasteiger partial charge in [-0.15, -0.1) is 0 Å². The average molecular weight is 386 g/mol. The van der Waals surface area contributed by atoms with Crippen molar-refractivity contribution in [2.24, 2.45) is 5.92 Å². The second-order valence-corrected chi connectivity index (χ2v) is 10.4. The van der Waals surface area contributed by atoms with Crippen LogP contribution in [0.4, 0.5) is 0 Å². The summed E-state index contributed by atoms with van der Waals surface area (Å²) in [6.45, 7) is 15.2. The number of nitrogens with zero attached hydrogens (tertiary/aromatic N) is 1. The van der Waals surface area contributed by atoms with Crippen molar-refractivity contribution < 1.29 is 4.79 Å². The Balaban J connectivity index is 1.40. The maximum Gasteiger partial charge on any atom is 0.220 e. The largest absolute Gasteiger partial charge is 0.355 e. The Labute approximate surface area is 171 Å². The van der Waals surface area contributed by atoms with Gasteiger partial charge in [-0.3, -0.25) is 4.79 Å². The predicted molar refractivity (Wildman–Crippen MR) is 117 cm³/mol. The van der Waals surface area contributed by atoms with Gasteiger partial charge in [0.1, 0.15) is 0 Å². The normalized spacial score (nSPS) is 25.0. The molecule has 2 N–H and O–H groups in total. The zero-order valence-electron chi connectivity index (χ0n) is 18.5. The Morgan fingerprint density at radius 1 is 1.18 bits per heavy atom. The summed E-state index contributed by atoms with van der Waals surface area (Å²) in [5.41, 5.74) is 3.10. The molecule has 4 heteroatoms. The van der Waals surface area contributed by atoms with E-state index in [-0.39, 0.29) is 17.0 Å². The van der Waals surface area contributed by atoms with Gasteiger partial charge in [0, 0.05) is 37.1 Å². The van der Waals surface area contributed by atoms with E-state index in [1.165, 1.54) is 17.5 Å². The molecule has 0 saturated carbocycles. The van der Waals surface area contributed by atoms with Crippen LogP contribution in [0.2, 0.25) is 0 Å². The molecule has 4 nitrogen and oxygen atoms in total. The maximum atomic E-state index is 12.5. The standard InChI is InChI=1S/C24H39N3O/c1-18-8-6-7-9-21(18)20-10-12-27(17-20)13-11-25-22(28)14-19-15-23(2,3)26-24(4,5)16-19/h6-9,19-20,26H,10-17H2,1-5H3,(H,25,28)/t20-/m1/s1. The summed E-state index contributed by atoms with van der Waals surface area (Å²) in [4.78, 5) is 15.0. The molecular weight excluding hydrogens is 346 g/mol. The number of piperidine rings is 1. The van der Waals surface area contributed by atoms with Gasteiger partial charge in [0.2, 0.25) is 5.91 Å². The number of carbonyl (C=O) groups is 1. The van der Waals surface area contributed by atoms with E-state index in [0.717, 1.165) is 39.0 Å². The van der Waals surface area contributed by atoms with Gasteiger partial charge in [-0.1, -0.05) is 24.3 Å². The molecule has 2 aliphatic heterocycles. The van der Waals surface area contributed by atoms with E-state index >= 15 is 0 Å². The first-order valence-electron chi connectivity index (χ1n) is 11.0. The van der Waals surface area contributed by atoms with E-state index in [9.17, 15) is 4.79 Å². The van der Waals surface area contributed by atoms with E-state index in [1.807, 2.05) is 0 Å². The summed E-state index contributed by atoms with van der Waals surface area (Å²) in [6.07, 6.45) is 4.00. The van der Waals surface area contributed by atoms with Crippen LogP contribution in [-0.4, -0.2) is 48.1 Å². The van der Waals surface area contributed by atoms with Crippen molar-refractivity contribution in [2.75, 3.05) is 26.2 Å². The quantitative estimate of drug-likeness (QED) is 0.782. The van der Waals surface area contributed by atoms with Gasteiger partial charge in [-0.2, -0.15) is 0 Å². The van der Waals surface area contributed by atoms with Gasteiger partial charge in [-0.25, -0.2) is 0 Å². The fourth-order valence-electron chi connectivity index (χ4n) is 5.70. The highest BCUT2D eigenvalue weighted by Gasteiger charge is 2.38. The SMILES string of the molecule is Cc1ccccc1[C@@H]1CCN(CCNC(=O)CC2CC(C)(C)NC(C)(C)C2)C1. The molecule has 1 atom stereocenters. The van der Waals surface area contributed by atoms with E-state index < -0.39 is 0 Å². The Morgan fingerprint density at radius 3 is 2.54 bits per heavy atom. The molecule has 0 bridgehead atoms. The highest BCUT2D eigenvalue weighted by atomic mass is 16.1. The van der Waals surface area contributed by atoms with E-state index in [2.05, 4.69) is 74.4 Å². The van der Waals surface area contributed by atoms with E-state index in [4.69, 9.17) is 0 Å². The van der Waals surface area contributed by atoms with Crippen LogP contribution in [0.1, 0.15) is 70.4 Å². The van der Waals surface area contributed by atoms with Crippen LogP contribution in [0.15, 0.2) is 24.3 Å². The van der Waals surface area contributed by atoms with Crippen molar-refractivity contribution in [2.45, 2.75) is 77.3 Å². The van der Waals surface area contributed by atoms with Crippen molar-refractivity contribution in [1.82, 2.24) is 15.5 Å². The van der Waals surface area contributed by atoms with Crippen LogP contribution < -0.4 is 10.6 Å². The summed E-state index contributed by atoms with van der Waals surface area (Å²) < 4.78 is 0. The van der Waals surface area contributed by atoms with Gasteiger partial charge < -0.3 is 15.5 Å².